The largest absolute Gasteiger partial charge is 0.507 e. The van der Waals surface area contributed by atoms with E-state index in [1.807, 2.05) is 0 Å². The van der Waals surface area contributed by atoms with Gasteiger partial charge >= 0.3 is 5.63 Å². The molecule has 0 spiro atoms. The minimum atomic E-state index is -1.94. The summed E-state index contributed by atoms with van der Waals surface area (Å²) in [7, 11) is 0. The number of aliphatic hydroxyl groups is 8. The van der Waals surface area contributed by atoms with Crippen LogP contribution in [0.3, 0.4) is 0 Å². The Hall–Kier alpha value is -2.57. The molecule has 36 heavy (non-hydrogen) atoms. The molecule has 1 aromatic heterocycles. The number of hydrogen-bond acceptors (Lipinski definition) is 15. The first-order chi connectivity index (χ1) is 17.0. The van der Waals surface area contributed by atoms with Crippen molar-refractivity contribution in [1.29, 1.82) is 0 Å². The van der Waals surface area contributed by atoms with Gasteiger partial charge in [-0.2, -0.15) is 0 Å². The molecule has 2 aliphatic heterocycles. The number of hydrogen-bond donors (Lipinski definition) is 10. The number of benzene rings is 1. The maximum atomic E-state index is 11.9. The van der Waals surface area contributed by atoms with E-state index >= 15 is 0 Å². The molecule has 15 heteroatoms. The lowest BCUT2D eigenvalue weighted by molar-refractivity contribution is -0.277. The number of fused-ring (bicyclic) bond motifs is 1. The molecule has 1 aromatic carbocycles. The minimum Gasteiger partial charge on any atom is -0.507 e. The Morgan fingerprint density at radius 2 is 1.33 bits per heavy atom. The number of aliphatic hydroxyl groups excluding tert-OH is 8. The highest BCUT2D eigenvalue weighted by atomic mass is 16.7. The van der Waals surface area contributed by atoms with Crippen LogP contribution < -0.4 is 10.4 Å². The Balaban J connectivity index is 1.86. The van der Waals surface area contributed by atoms with Gasteiger partial charge in [0.05, 0.1) is 24.2 Å². The molecule has 0 radical (unpaired) electrons. The molecule has 0 bridgehead atoms. The van der Waals surface area contributed by atoms with E-state index in [-0.39, 0.29) is 5.39 Å². The molecule has 10 atom stereocenters. The molecular formula is C21H26O15. The van der Waals surface area contributed by atoms with Crippen molar-refractivity contribution in [2.45, 2.75) is 61.2 Å². The van der Waals surface area contributed by atoms with Crippen LogP contribution in [0.2, 0.25) is 0 Å². The Morgan fingerprint density at radius 1 is 0.750 bits per heavy atom. The normalized spacial score (nSPS) is 37.2. The van der Waals surface area contributed by atoms with Crippen LogP contribution in [0, 0.1) is 0 Å². The van der Waals surface area contributed by atoms with Gasteiger partial charge in [-0.3, -0.25) is 0 Å². The summed E-state index contributed by atoms with van der Waals surface area (Å²) in [6.07, 6.45) is -17.5. The van der Waals surface area contributed by atoms with Gasteiger partial charge in [0.1, 0.15) is 60.7 Å². The van der Waals surface area contributed by atoms with Crippen molar-refractivity contribution < 1.29 is 69.7 Å². The van der Waals surface area contributed by atoms with Crippen molar-refractivity contribution in [3.63, 3.8) is 0 Å². The molecule has 0 amide bonds. The van der Waals surface area contributed by atoms with Crippen LogP contribution >= 0.6 is 0 Å². The Labute approximate surface area is 201 Å². The number of phenols is 2. The number of phenolic OH excluding ortho intramolecular Hbond substituents is 2. The lowest BCUT2D eigenvalue weighted by Gasteiger charge is -2.41. The third kappa shape index (κ3) is 4.28. The van der Waals surface area contributed by atoms with Gasteiger partial charge in [-0.15, -0.1) is 0 Å². The fourth-order valence-corrected chi connectivity index (χ4v) is 4.26. The van der Waals surface area contributed by atoms with E-state index in [1.165, 1.54) is 0 Å². The SMILES string of the molecule is O=c1ccc2c(O)c([C@@H]3O[C@@H](CO)[C@@H](O)[C@@H](O)[C@H]3O)c(O)c(O[C@H]3O[C@@H](CO)[C@@H](O)[C@@H](O)[C@H]3O)c2o1. The van der Waals surface area contributed by atoms with E-state index in [0.717, 1.165) is 12.1 Å². The average molecular weight is 518 g/mol. The summed E-state index contributed by atoms with van der Waals surface area (Å²) < 4.78 is 21.2. The summed E-state index contributed by atoms with van der Waals surface area (Å²) in [6.45, 7) is -1.60. The van der Waals surface area contributed by atoms with Crippen LogP contribution in [0.1, 0.15) is 11.7 Å². The van der Waals surface area contributed by atoms with Gasteiger partial charge in [0.15, 0.2) is 11.3 Å². The quantitative estimate of drug-likeness (QED) is 0.169. The van der Waals surface area contributed by atoms with Gasteiger partial charge < -0.3 is 69.7 Å². The number of rotatable bonds is 5. The van der Waals surface area contributed by atoms with Gasteiger partial charge in [0.25, 0.3) is 0 Å². The second-order valence-corrected chi connectivity index (χ2v) is 8.50. The van der Waals surface area contributed by atoms with Crippen LogP contribution in [0.5, 0.6) is 17.2 Å². The molecule has 10 N–H and O–H groups in total. The zero-order valence-electron chi connectivity index (χ0n) is 18.4. The lowest BCUT2D eigenvalue weighted by atomic mass is 9.89. The highest BCUT2D eigenvalue weighted by Gasteiger charge is 2.48. The van der Waals surface area contributed by atoms with E-state index in [9.17, 15) is 55.9 Å². The lowest BCUT2D eigenvalue weighted by Crippen LogP contribution is -2.60. The Morgan fingerprint density at radius 3 is 1.94 bits per heavy atom. The highest BCUT2D eigenvalue weighted by Crippen LogP contribution is 2.50. The molecule has 2 fully saturated rings. The molecule has 200 valence electrons. The van der Waals surface area contributed by atoms with Gasteiger partial charge in [-0.1, -0.05) is 0 Å². The van der Waals surface area contributed by atoms with E-state index in [0.29, 0.717) is 0 Å². The summed E-state index contributed by atoms with van der Waals surface area (Å²) in [5, 5.41) is 102. The van der Waals surface area contributed by atoms with Gasteiger partial charge in [-0.05, 0) is 6.07 Å². The maximum Gasteiger partial charge on any atom is 0.336 e. The van der Waals surface area contributed by atoms with Crippen molar-refractivity contribution in [2.24, 2.45) is 0 Å². The fourth-order valence-electron chi connectivity index (χ4n) is 4.26. The zero-order chi connectivity index (χ0) is 26.5. The van der Waals surface area contributed by atoms with Gasteiger partial charge in [0.2, 0.25) is 12.0 Å². The van der Waals surface area contributed by atoms with Gasteiger partial charge in [0, 0.05) is 6.07 Å². The monoisotopic (exact) mass is 518 g/mol. The second kappa shape index (κ2) is 10.1. The van der Waals surface area contributed by atoms with Crippen molar-refractivity contribution >= 4 is 11.0 Å². The molecular weight excluding hydrogens is 492 g/mol. The van der Waals surface area contributed by atoms with E-state index in [4.69, 9.17) is 18.6 Å². The van der Waals surface area contributed by atoms with Crippen LogP contribution in [0.15, 0.2) is 21.3 Å². The Bertz CT molecular complexity index is 1150. The molecule has 3 heterocycles. The van der Waals surface area contributed by atoms with E-state index in [2.05, 4.69) is 0 Å². The number of aromatic hydroxyl groups is 2. The van der Waals surface area contributed by atoms with Crippen LogP contribution in [-0.4, -0.2) is 119 Å². The first-order valence-corrected chi connectivity index (χ1v) is 10.8. The summed E-state index contributed by atoms with van der Waals surface area (Å²) in [5.41, 5.74) is -2.10. The molecule has 0 unspecified atom stereocenters. The molecule has 2 aliphatic rings. The number of ether oxygens (including phenoxy) is 3. The molecule has 15 nitrogen and oxygen atoms in total. The molecule has 2 aromatic rings. The van der Waals surface area contributed by atoms with Crippen LogP contribution in [0.4, 0.5) is 0 Å². The first kappa shape index (κ1) is 26.5. The highest BCUT2D eigenvalue weighted by molar-refractivity contribution is 5.92. The topological polar surface area (TPSA) is 260 Å². The molecule has 0 aliphatic carbocycles. The Kier molecular flexibility index (Phi) is 7.40. The third-order valence-electron chi connectivity index (χ3n) is 6.28. The first-order valence-electron chi connectivity index (χ1n) is 10.8. The standard InChI is InChI=1S/C21H26O15/c22-3-6-11(26)14(29)16(31)19(33-6)9-10(25)5-1-2-8(24)35-18(5)20(13(9)28)36-21-17(32)15(30)12(27)7(4-23)34-21/h1-2,6-7,11-12,14-17,19,21-23,25-32H,3-4H2/t6-,7-,11+,12+,14+,15+,16+,17+,19-,21+/m0/s1. The summed E-state index contributed by atoms with van der Waals surface area (Å²) >= 11 is 0. The average Bonchev–Trinajstić information content (AvgIpc) is 2.86. The predicted molar refractivity (Wildman–Crippen MR) is 113 cm³/mol. The van der Waals surface area contributed by atoms with Crippen LogP contribution in [-0.2, 0) is 9.47 Å². The molecule has 4 rings (SSSR count). The van der Waals surface area contributed by atoms with Crippen molar-refractivity contribution in [3.8, 4) is 17.2 Å². The molecule has 2 saturated heterocycles. The van der Waals surface area contributed by atoms with Crippen molar-refractivity contribution in [3.05, 3.63) is 28.1 Å². The molecule has 0 saturated carbocycles. The summed E-state index contributed by atoms with van der Waals surface area (Å²) in [4.78, 5) is 11.9. The second-order valence-electron chi connectivity index (χ2n) is 8.50. The van der Waals surface area contributed by atoms with Crippen LogP contribution in [0.25, 0.3) is 11.0 Å². The van der Waals surface area contributed by atoms with Crippen molar-refractivity contribution in [1.82, 2.24) is 0 Å². The summed E-state index contributed by atoms with van der Waals surface area (Å²) in [5.74, 6) is -2.54. The predicted octanol–water partition coefficient (Wildman–Crippen LogP) is -4.10. The third-order valence-corrected chi connectivity index (χ3v) is 6.28. The van der Waals surface area contributed by atoms with Crippen molar-refractivity contribution in [2.75, 3.05) is 13.2 Å². The van der Waals surface area contributed by atoms with Gasteiger partial charge in [-0.25, -0.2) is 4.79 Å². The summed E-state index contributed by atoms with van der Waals surface area (Å²) in [6, 6.07) is 1.98. The zero-order valence-corrected chi connectivity index (χ0v) is 18.4. The van der Waals surface area contributed by atoms with E-state index < -0.39 is 108 Å². The maximum absolute atomic E-state index is 11.9. The van der Waals surface area contributed by atoms with E-state index in [1.54, 1.807) is 0 Å². The fraction of sp³-hybridized carbons (Fsp3) is 0.571. The smallest absolute Gasteiger partial charge is 0.336 e. The minimum absolute atomic E-state index is 0.265.